The van der Waals surface area contributed by atoms with Gasteiger partial charge in [-0.1, -0.05) is 46.9 Å². The maximum absolute atomic E-state index is 6.09. The summed E-state index contributed by atoms with van der Waals surface area (Å²) in [6.45, 7) is 0.689. The number of benzene rings is 2. The van der Waals surface area contributed by atoms with Crippen molar-refractivity contribution in [2.24, 2.45) is 0 Å². The van der Waals surface area contributed by atoms with Crippen molar-refractivity contribution in [3.63, 3.8) is 0 Å². The van der Waals surface area contributed by atoms with E-state index in [4.69, 9.17) is 34.8 Å². The summed E-state index contributed by atoms with van der Waals surface area (Å²) in [6, 6.07) is 11.6. The Balaban J connectivity index is 2.10. The molecule has 2 aromatic carbocycles. The zero-order valence-electron chi connectivity index (χ0n) is 9.18. The van der Waals surface area contributed by atoms with Crippen LogP contribution in [-0.2, 0) is 6.54 Å². The summed E-state index contributed by atoms with van der Waals surface area (Å²) in [5.41, 5.74) is 1.96. The van der Waals surface area contributed by atoms with Gasteiger partial charge in [-0.3, -0.25) is 0 Å². The first-order valence-electron chi connectivity index (χ1n) is 5.19. The molecule has 2 aromatic rings. The average Bonchev–Trinajstić information content (AvgIpc) is 2.34. The number of hydrogen-bond donors (Lipinski definition) is 1. The summed E-state index contributed by atoms with van der Waals surface area (Å²) in [5.74, 6) is 0. The molecule has 0 aliphatic rings. The molecule has 0 aromatic heterocycles. The Hall–Kier alpha value is -0.160. The standard InChI is InChI=1S/C13H9Cl3IN/c14-10-5-12(16)13(6-11(10)15)18-7-8-1-3-9(17)4-2-8/h1-6,18H,7H2. The summed E-state index contributed by atoms with van der Waals surface area (Å²) < 4.78 is 1.21. The second kappa shape index (κ2) is 6.33. The average molecular weight is 412 g/mol. The minimum atomic E-state index is 0.460. The maximum Gasteiger partial charge on any atom is 0.0653 e. The second-order valence-corrected chi connectivity index (χ2v) is 6.19. The van der Waals surface area contributed by atoms with Crippen LogP contribution >= 0.6 is 57.4 Å². The van der Waals surface area contributed by atoms with Gasteiger partial charge in [0.1, 0.15) is 0 Å². The second-order valence-electron chi connectivity index (χ2n) is 3.73. The molecule has 1 nitrogen and oxygen atoms in total. The van der Waals surface area contributed by atoms with E-state index < -0.39 is 0 Å². The molecule has 94 valence electrons. The fourth-order valence-electron chi connectivity index (χ4n) is 1.46. The van der Waals surface area contributed by atoms with E-state index in [9.17, 15) is 0 Å². The van der Waals surface area contributed by atoms with Crippen LogP contribution in [0, 0.1) is 3.57 Å². The van der Waals surface area contributed by atoms with Gasteiger partial charge in [0, 0.05) is 10.1 Å². The lowest BCUT2D eigenvalue weighted by Crippen LogP contribution is -2.00. The van der Waals surface area contributed by atoms with Crippen LogP contribution in [-0.4, -0.2) is 0 Å². The molecule has 1 N–H and O–H groups in total. The van der Waals surface area contributed by atoms with Crippen LogP contribution in [0.1, 0.15) is 5.56 Å². The van der Waals surface area contributed by atoms with Crippen molar-refractivity contribution < 1.29 is 0 Å². The van der Waals surface area contributed by atoms with E-state index in [1.807, 2.05) is 0 Å². The highest BCUT2D eigenvalue weighted by Crippen LogP contribution is 2.32. The van der Waals surface area contributed by atoms with Crippen LogP contribution in [0.4, 0.5) is 5.69 Å². The predicted octanol–water partition coefficient (Wildman–Crippen LogP) is 5.86. The molecule has 2 rings (SSSR count). The van der Waals surface area contributed by atoms with Crippen molar-refractivity contribution in [1.82, 2.24) is 0 Å². The quantitative estimate of drug-likeness (QED) is 0.492. The third-order valence-corrected chi connectivity index (χ3v) is 4.16. The number of nitrogens with one attached hydrogen (secondary N) is 1. The molecule has 0 bridgehead atoms. The number of hydrogen-bond acceptors (Lipinski definition) is 1. The monoisotopic (exact) mass is 411 g/mol. The van der Waals surface area contributed by atoms with E-state index in [-0.39, 0.29) is 0 Å². The zero-order valence-corrected chi connectivity index (χ0v) is 13.6. The third-order valence-electron chi connectivity index (χ3n) is 2.41. The SMILES string of the molecule is Clc1cc(Cl)c(NCc2ccc(I)cc2)cc1Cl. The molecule has 0 unspecified atom stereocenters. The van der Waals surface area contributed by atoms with Crippen LogP contribution in [0.3, 0.4) is 0 Å². The van der Waals surface area contributed by atoms with Gasteiger partial charge in [-0.25, -0.2) is 0 Å². The molecule has 0 amide bonds. The molecule has 5 heteroatoms. The predicted molar refractivity (Wildman–Crippen MR) is 88.0 cm³/mol. The Morgan fingerprint density at radius 2 is 1.50 bits per heavy atom. The van der Waals surface area contributed by atoms with Crippen molar-refractivity contribution >= 4 is 63.1 Å². The van der Waals surface area contributed by atoms with Gasteiger partial charge in [0.25, 0.3) is 0 Å². The summed E-state index contributed by atoms with van der Waals surface area (Å²) in [5, 5.41) is 4.76. The summed E-state index contributed by atoms with van der Waals surface area (Å²) >= 11 is 20.2. The minimum absolute atomic E-state index is 0.460. The molecule has 0 atom stereocenters. The highest BCUT2D eigenvalue weighted by molar-refractivity contribution is 14.1. The highest BCUT2D eigenvalue weighted by Gasteiger charge is 2.05. The van der Waals surface area contributed by atoms with Crippen molar-refractivity contribution in [3.05, 3.63) is 60.6 Å². The van der Waals surface area contributed by atoms with Gasteiger partial charge in [-0.05, 0) is 52.4 Å². The van der Waals surface area contributed by atoms with Crippen LogP contribution in [0.2, 0.25) is 15.1 Å². The Labute approximate surface area is 135 Å². The fraction of sp³-hybridized carbons (Fsp3) is 0.0769. The number of anilines is 1. The lowest BCUT2D eigenvalue weighted by Gasteiger charge is -2.10. The van der Waals surface area contributed by atoms with E-state index in [2.05, 4.69) is 52.2 Å². The molecular formula is C13H9Cl3IN. The van der Waals surface area contributed by atoms with Crippen LogP contribution in [0.15, 0.2) is 36.4 Å². The number of halogens is 4. The van der Waals surface area contributed by atoms with Crippen molar-refractivity contribution in [3.8, 4) is 0 Å². The van der Waals surface area contributed by atoms with Crippen molar-refractivity contribution in [2.75, 3.05) is 5.32 Å². The van der Waals surface area contributed by atoms with Gasteiger partial charge < -0.3 is 5.32 Å². The molecular weight excluding hydrogens is 403 g/mol. The molecule has 0 spiro atoms. The Morgan fingerprint density at radius 3 is 2.17 bits per heavy atom. The molecule has 0 radical (unpaired) electrons. The molecule has 0 aliphatic heterocycles. The normalized spacial score (nSPS) is 10.4. The van der Waals surface area contributed by atoms with Gasteiger partial charge in [0.05, 0.1) is 20.8 Å². The van der Waals surface area contributed by atoms with Gasteiger partial charge in [-0.15, -0.1) is 0 Å². The van der Waals surface area contributed by atoms with E-state index in [1.165, 1.54) is 9.13 Å². The van der Waals surface area contributed by atoms with E-state index in [0.29, 0.717) is 21.6 Å². The lowest BCUT2D eigenvalue weighted by atomic mass is 10.2. The van der Waals surface area contributed by atoms with Crippen molar-refractivity contribution in [2.45, 2.75) is 6.54 Å². The van der Waals surface area contributed by atoms with E-state index in [1.54, 1.807) is 12.1 Å². The maximum atomic E-state index is 6.09. The fourth-order valence-corrected chi connectivity index (χ4v) is 2.43. The topological polar surface area (TPSA) is 12.0 Å². The van der Waals surface area contributed by atoms with Gasteiger partial charge in [-0.2, -0.15) is 0 Å². The van der Waals surface area contributed by atoms with Crippen LogP contribution in [0.5, 0.6) is 0 Å². The first kappa shape index (κ1) is 14.3. The van der Waals surface area contributed by atoms with Gasteiger partial charge >= 0.3 is 0 Å². The smallest absolute Gasteiger partial charge is 0.0653 e. The van der Waals surface area contributed by atoms with Crippen molar-refractivity contribution in [1.29, 1.82) is 0 Å². The van der Waals surface area contributed by atoms with Crippen LogP contribution in [0.25, 0.3) is 0 Å². The Bertz CT molecular complexity index is 555. The largest absolute Gasteiger partial charge is 0.380 e. The summed E-state index contributed by atoms with van der Waals surface area (Å²) in [4.78, 5) is 0. The first-order valence-corrected chi connectivity index (χ1v) is 7.40. The summed E-state index contributed by atoms with van der Waals surface area (Å²) in [6.07, 6.45) is 0. The lowest BCUT2D eigenvalue weighted by molar-refractivity contribution is 1.15. The van der Waals surface area contributed by atoms with Gasteiger partial charge in [0.2, 0.25) is 0 Å². The molecule has 0 saturated carbocycles. The Kier molecular flexibility index (Phi) is 5.01. The van der Waals surface area contributed by atoms with E-state index >= 15 is 0 Å². The van der Waals surface area contributed by atoms with Gasteiger partial charge in [0.15, 0.2) is 0 Å². The molecule has 0 saturated heterocycles. The third kappa shape index (κ3) is 3.67. The molecule has 0 fully saturated rings. The van der Waals surface area contributed by atoms with E-state index in [0.717, 1.165) is 5.69 Å². The number of rotatable bonds is 3. The highest BCUT2D eigenvalue weighted by atomic mass is 127. The van der Waals surface area contributed by atoms with Crippen LogP contribution < -0.4 is 5.32 Å². The zero-order chi connectivity index (χ0) is 13.1. The minimum Gasteiger partial charge on any atom is -0.380 e. The molecule has 0 heterocycles. The molecule has 0 aliphatic carbocycles. The first-order chi connectivity index (χ1) is 8.56. The molecule has 18 heavy (non-hydrogen) atoms. The summed E-state index contributed by atoms with van der Waals surface area (Å²) in [7, 11) is 0. The Morgan fingerprint density at radius 1 is 0.889 bits per heavy atom.